The van der Waals surface area contributed by atoms with Gasteiger partial charge in [-0.25, -0.2) is 0 Å². The molecule has 0 aromatic rings. The molecule has 1 heteroatoms. The summed E-state index contributed by atoms with van der Waals surface area (Å²) in [5, 5.41) is 9.34. The quantitative estimate of drug-likeness (QED) is 0.644. The molecule has 0 saturated heterocycles. The minimum Gasteiger partial charge on any atom is -0.393 e. The van der Waals surface area contributed by atoms with Crippen molar-refractivity contribution in [3.8, 4) is 0 Å². The zero-order valence-electron chi connectivity index (χ0n) is 9.71. The first-order chi connectivity index (χ1) is 6.11. The van der Waals surface area contributed by atoms with Crippen molar-refractivity contribution in [2.45, 2.75) is 65.9 Å². The van der Waals surface area contributed by atoms with Crippen molar-refractivity contribution >= 4 is 0 Å². The van der Waals surface area contributed by atoms with E-state index in [1.54, 1.807) is 0 Å². The molecule has 0 rings (SSSR count). The molecule has 1 N–H and O–H groups in total. The highest BCUT2D eigenvalue weighted by Crippen LogP contribution is 2.21. The molecule has 0 amide bonds. The number of hydrogen-bond donors (Lipinski definition) is 1. The number of rotatable bonds is 7. The van der Waals surface area contributed by atoms with Gasteiger partial charge in [-0.15, -0.1) is 0 Å². The first-order valence-corrected chi connectivity index (χ1v) is 5.79. The lowest BCUT2D eigenvalue weighted by Crippen LogP contribution is -2.14. The maximum Gasteiger partial charge on any atom is 0.0537 e. The van der Waals surface area contributed by atoms with Crippen LogP contribution in [0.25, 0.3) is 0 Å². The third-order valence-electron chi connectivity index (χ3n) is 3.13. The van der Waals surface area contributed by atoms with E-state index in [2.05, 4.69) is 20.8 Å². The standard InChI is InChI=1S/C12H26O/c1-5-7-12(6-2)9-8-10(3)11(4)13/h10-13H,5-9H2,1-4H3. The summed E-state index contributed by atoms with van der Waals surface area (Å²) in [5.74, 6) is 1.34. The molecule has 1 nitrogen and oxygen atoms in total. The molecule has 13 heavy (non-hydrogen) atoms. The van der Waals surface area contributed by atoms with Gasteiger partial charge in [-0.05, 0) is 25.2 Å². The van der Waals surface area contributed by atoms with Crippen molar-refractivity contribution in [3.05, 3.63) is 0 Å². The van der Waals surface area contributed by atoms with Gasteiger partial charge in [0.15, 0.2) is 0 Å². The Labute approximate surface area is 83.5 Å². The Morgan fingerprint density at radius 2 is 1.62 bits per heavy atom. The molecule has 0 saturated carbocycles. The minimum absolute atomic E-state index is 0.140. The third-order valence-corrected chi connectivity index (χ3v) is 3.13. The highest BCUT2D eigenvalue weighted by molar-refractivity contribution is 4.63. The Morgan fingerprint density at radius 3 is 2.00 bits per heavy atom. The first kappa shape index (κ1) is 13.0. The van der Waals surface area contributed by atoms with E-state index in [0.717, 1.165) is 5.92 Å². The van der Waals surface area contributed by atoms with E-state index < -0.39 is 0 Å². The Kier molecular flexibility index (Phi) is 7.35. The summed E-state index contributed by atoms with van der Waals surface area (Å²) in [5.41, 5.74) is 0. The summed E-state index contributed by atoms with van der Waals surface area (Å²) in [6.07, 6.45) is 6.26. The lowest BCUT2D eigenvalue weighted by atomic mass is 9.90. The van der Waals surface area contributed by atoms with Crippen molar-refractivity contribution in [3.63, 3.8) is 0 Å². The Balaban J connectivity index is 3.58. The summed E-state index contributed by atoms with van der Waals surface area (Å²) in [4.78, 5) is 0. The molecule has 0 aliphatic carbocycles. The van der Waals surface area contributed by atoms with E-state index in [0.29, 0.717) is 5.92 Å². The maximum atomic E-state index is 9.34. The first-order valence-electron chi connectivity index (χ1n) is 5.79. The maximum absolute atomic E-state index is 9.34. The molecule has 3 atom stereocenters. The van der Waals surface area contributed by atoms with Gasteiger partial charge in [0, 0.05) is 0 Å². The predicted molar refractivity (Wildman–Crippen MR) is 58.8 cm³/mol. The molecule has 0 aromatic carbocycles. The molecule has 0 aromatic heterocycles. The van der Waals surface area contributed by atoms with Gasteiger partial charge in [0.25, 0.3) is 0 Å². The van der Waals surface area contributed by atoms with E-state index in [1.807, 2.05) is 6.92 Å². The van der Waals surface area contributed by atoms with Crippen molar-refractivity contribution in [2.75, 3.05) is 0 Å². The van der Waals surface area contributed by atoms with Crippen LogP contribution in [0.5, 0.6) is 0 Å². The second-order valence-electron chi connectivity index (χ2n) is 4.36. The van der Waals surface area contributed by atoms with Gasteiger partial charge in [-0.2, -0.15) is 0 Å². The zero-order valence-corrected chi connectivity index (χ0v) is 9.71. The average Bonchev–Trinajstić information content (AvgIpc) is 2.11. The summed E-state index contributed by atoms with van der Waals surface area (Å²) in [7, 11) is 0. The van der Waals surface area contributed by atoms with Gasteiger partial charge in [-0.3, -0.25) is 0 Å². The van der Waals surface area contributed by atoms with E-state index >= 15 is 0 Å². The van der Waals surface area contributed by atoms with E-state index in [4.69, 9.17) is 0 Å². The van der Waals surface area contributed by atoms with E-state index in [-0.39, 0.29) is 6.10 Å². The van der Waals surface area contributed by atoms with Gasteiger partial charge in [-0.1, -0.05) is 46.5 Å². The van der Waals surface area contributed by atoms with Gasteiger partial charge >= 0.3 is 0 Å². The lowest BCUT2D eigenvalue weighted by Gasteiger charge is -2.18. The number of aliphatic hydroxyl groups is 1. The van der Waals surface area contributed by atoms with Gasteiger partial charge < -0.3 is 5.11 Å². The molecule has 0 aliphatic heterocycles. The number of aliphatic hydroxyl groups excluding tert-OH is 1. The van der Waals surface area contributed by atoms with Gasteiger partial charge in [0.05, 0.1) is 6.10 Å². The van der Waals surface area contributed by atoms with Crippen molar-refractivity contribution < 1.29 is 5.11 Å². The van der Waals surface area contributed by atoms with Crippen molar-refractivity contribution in [1.29, 1.82) is 0 Å². The van der Waals surface area contributed by atoms with Crippen molar-refractivity contribution in [1.82, 2.24) is 0 Å². The molecule has 3 unspecified atom stereocenters. The molecular formula is C12H26O. The minimum atomic E-state index is -0.140. The van der Waals surface area contributed by atoms with Crippen LogP contribution in [0.1, 0.15) is 59.8 Å². The van der Waals surface area contributed by atoms with Crippen molar-refractivity contribution in [2.24, 2.45) is 11.8 Å². The second kappa shape index (κ2) is 7.37. The summed E-state index contributed by atoms with van der Waals surface area (Å²) in [6.45, 7) is 8.56. The second-order valence-corrected chi connectivity index (χ2v) is 4.36. The Morgan fingerprint density at radius 1 is 1.00 bits per heavy atom. The smallest absolute Gasteiger partial charge is 0.0537 e. The van der Waals surface area contributed by atoms with Crippen LogP contribution in [0.2, 0.25) is 0 Å². The Bertz CT molecular complexity index is 110. The topological polar surface area (TPSA) is 20.2 Å². The van der Waals surface area contributed by atoms with Crippen LogP contribution in [0.3, 0.4) is 0 Å². The van der Waals surface area contributed by atoms with Crippen LogP contribution in [-0.4, -0.2) is 11.2 Å². The fraction of sp³-hybridized carbons (Fsp3) is 1.00. The van der Waals surface area contributed by atoms with E-state index in [9.17, 15) is 5.11 Å². The fourth-order valence-corrected chi connectivity index (χ4v) is 1.70. The summed E-state index contributed by atoms with van der Waals surface area (Å²) >= 11 is 0. The fourth-order valence-electron chi connectivity index (χ4n) is 1.70. The zero-order chi connectivity index (χ0) is 10.3. The molecule has 0 fully saturated rings. The molecule has 0 spiro atoms. The molecule has 0 heterocycles. The average molecular weight is 186 g/mol. The SMILES string of the molecule is CCCC(CC)CCC(C)C(C)O. The Hall–Kier alpha value is -0.0400. The largest absolute Gasteiger partial charge is 0.393 e. The van der Waals surface area contributed by atoms with Crippen LogP contribution in [-0.2, 0) is 0 Å². The van der Waals surface area contributed by atoms with Gasteiger partial charge in [0.2, 0.25) is 0 Å². The normalized spacial score (nSPS) is 18.2. The molecule has 80 valence electrons. The number of hydrogen-bond acceptors (Lipinski definition) is 1. The van der Waals surface area contributed by atoms with Crippen LogP contribution < -0.4 is 0 Å². The van der Waals surface area contributed by atoms with Crippen LogP contribution in [0.4, 0.5) is 0 Å². The molecular weight excluding hydrogens is 160 g/mol. The molecule has 0 bridgehead atoms. The third kappa shape index (κ3) is 6.09. The summed E-state index contributed by atoms with van der Waals surface area (Å²) < 4.78 is 0. The van der Waals surface area contributed by atoms with Crippen LogP contribution in [0.15, 0.2) is 0 Å². The predicted octanol–water partition coefficient (Wildman–Crippen LogP) is 3.61. The molecule has 0 radical (unpaired) electrons. The lowest BCUT2D eigenvalue weighted by molar-refractivity contribution is 0.124. The van der Waals surface area contributed by atoms with Crippen LogP contribution in [0, 0.1) is 11.8 Å². The highest BCUT2D eigenvalue weighted by atomic mass is 16.3. The monoisotopic (exact) mass is 186 g/mol. The van der Waals surface area contributed by atoms with Crippen LogP contribution >= 0.6 is 0 Å². The highest BCUT2D eigenvalue weighted by Gasteiger charge is 2.11. The molecule has 0 aliphatic rings. The summed E-state index contributed by atoms with van der Waals surface area (Å²) in [6, 6.07) is 0. The van der Waals surface area contributed by atoms with Gasteiger partial charge in [0.1, 0.15) is 0 Å². The van der Waals surface area contributed by atoms with E-state index in [1.165, 1.54) is 32.1 Å².